The highest BCUT2D eigenvalue weighted by Crippen LogP contribution is 2.35. The molecule has 5 nitrogen and oxygen atoms in total. The number of halogens is 4. The topological polar surface area (TPSA) is 72.5 Å². The van der Waals surface area contributed by atoms with Gasteiger partial charge in [0.1, 0.15) is 0 Å². The second-order valence-corrected chi connectivity index (χ2v) is 5.74. The fourth-order valence-electron chi connectivity index (χ4n) is 1.07. The van der Waals surface area contributed by atoms with Crippen LogP contribution in [0, 0.1) is 6.92 Å². The van der Waals surface area contributed by atoms with E-state index in [9.17, 15) is 26.4 Å². The highest BCUT2D eigenvalue weighted by atomic mass is 79.9. The van der Waals surface area contributed by atoms with Gasteiger partial charge in [-0.3, -0.25) is 4.79 Å². The number of anilines is 1. The fourth-order valence-corrected chi connectivity index (χ4v) is 1.88. The number of carbonyl (C=O) groups excluding carboxylic acids is 1. The van der Waals surface area contributed by atoms with Crippen molar-refractivity contribution in [2.45, 2.75) is 12.4 Å². The Balaban J connectivity index is 3.28. The van der Waals surface area contributed by atoms with Gasteiger partial charge in [-0.15, -0.1) is 0 Å². The normalized spacial score (nSPS) is 12.1. The van der Waals surface area contributed by atoms with Crippen LogP contribution in [0.2, 0.25) is 0 Å². The van der Waals surface area contributed by atoms with E-state index in [-0.39, 0.29) is 12.1 Å². The van der Waals surface area contributed by atoms with Gasteiger partial charge >= 0.3 is 15.6 Å². The first-order valence-electron chi connectivity index (χ1n) is 4.59. The predicted molar refractivity (Wildman–Crippen MR) is 64.2 cm³/mol. The Hall–Kier alpha value is -1.29. The summed E-state index contributed by atoms with van der Waals surface area (Å²) in [5.41, 5.74) is -5.32. The molecule has 0 heterocycles. The van der Waals surface area contributed by atoms with Crippen LogP contribution >= 0.6 is 15.9 Å². The van der Waals surface area contributed by atoms with Crippen LogP contribution in [-0.2, 0) is 14.9 Å². The average Bonchev–Trinajstić information content (AvgIpc) is 2.23. The van der Waals surface area contributed by atoms with E-state index in [0.29, 0.717) is 10.0 Å². The molecule has 1 aromatic carbocycles. The predicted octanol–water partition coefficient (Wildman–Crippen LogP) is 2.55. The van der Waals surface area contributed by atoms with Crippen LogP contribution < -0.4 is 9.50 Å². The summed E-state index contributed by atoms with van der Waals surface area (Å²) in [5.74, 6) is -0.620. The minimum Gasteiger partial charge on any atom is -0.374 e. The van der Waals surface area contributed by atoms with Gasteiger partial charge < -0.3 is 9.50 Å². The number of alkyl halides is 3. The standard InChI is InChI=1S/C9H7BrF3NO4S/c1-5-2-8(7(14-4-15)3-6(5)10)18-19(16,17)9(11,12)13/h2-4H,1H3,(H,14,15). The quantitative estimate of drug-likeness (QED) is 0.508. The largest absolute Gasteiger partial charge is 0.534 e. The first-order valence-corrected chi connectivity index (χ1v) is 6.79. The smallest absolute Gasteiger partial charge is 0.374 e. The summed E-state index contributed by atoms with van der Waals surface area (Å²) in [5, 5.41) is 2.05. The third kappa shape index (κ3) is 3.60. The molecule has 1 aromatic rings. The number of hydrogen-bond acceptors (Lipinski definition) is 4. The van der Waals surface area contributed by atoms with Crippen molar-refractivity contribution < 1.29 is 30.6 Å². The second-order valence-electron chi connectivity index (χ2n) is 3.34. The third-order valence-electron chi connectivity index (χ3n) is 1.96. The van der Waals surface area contributed by atoms with E-state index in [1.54, 1.807) is 0 Å². The number of hydrogen-bond donors (Lipinski definition) is 1. The highest BCUT2D eigenvalue weighted by Gasteiger charge is 2.48. The molecule has 0 aliphatic rings. The summed E-state index contributed by atoms with van der Waals surface area (Å²) in [7, 11) is -5.79. The highest BCUT2D eigenvalue weighted by molar-refractivity contribution is 9.10. The molecule has 0 aromatic heterocycles. The molecule has 0 bridgehead atoms. The maximum Gasteiger partial charge on any atom is 0.534 e. The maximum atomic E-state index is 12.2. The molecular formula is C9H7BrF3NO4S. The number of benzene rings is 1. The van der Waals surface area contributed by atoms with Crippen molar-refractivity contribution in [2.75, 3.05) is 5.32 Å². The molecule has 0 atom stereocenters. The first kappa shape index (κ1) is 15.8. The first-order chi connectivity index (χ1) is 8.58. The second kappa shape index (κ2) is 5.37. The van der Waals surface area contributed by atoms with E-state index in [1.807, 2.05) is 0 Å². The van der Waals surface area contributed by atoms with Crippen molar-refractivity contribution in [3.63, 3.8) is 0 Å². The molecule has 106 valence electrons. The number of amides is 1. The Morgan fingerprint density at radius 2 is 1.95 bits per heavy atom. The lowest BCUT2D eigenvalue weighted by atomic mass is 10.2. The van der Waals surface area contributed by atoms with Gasteiger partial charge in [0.05, 0.1) is 5.69 Å². The minimum atomic E-state index is -5.79. The Kier molecular flexibility index (Phi) is 4.46. The molecule has 0 spiro atoms. The van der Waals surface area contributed by atoms with Gasteiger partial charge in [0.15, 0.2) is 5.75 Å². The van der Waals surface area contributed by atoms with Crippen LogP contribution in [0.1, 0.15) is 5.56 Å². The molecule has 0 unspecified atom stereocenters. The van der Waals surface area contributed by atoms with Gasteiger partial charge in [0.25, 0.3) is 0 Å². The van der Waals surface area contributed by atoms with E-state index in [2.05, 4.69) is 25.4 Å². The molecular weight excluding hydrogens is 355 g/mol. The van der Waals surface area contributed by atoms with E-state index in [1.165, 1.54) is 13.0 Å². The molecule has 0 aliphatic heterocycles. The SMILES string of the molecule is Cc1cc(OS(=O)(=O)C(F)(F)F)c(NC=O)cc1Br. The lowest BCUT2D eigenvalue weighted by Crippen LogP contribution is -2.28. The average molecular weight is 362 g/mol. The third-order valence-corrected chi connectivity index (χ3v) is 3.78. The van der Waals surface area contributed by atoms with Crippen molar-refractivity contribution in [1.29, 1.82) is 0 Å². The summed E-state index contributed by atoms with van der Waals surface area (Å²) >= 11 is 3.09. The van der Waals surface area contributed by atoms with Crippen molar-refractivity contribution >= 4 is 38.1 Å². The van der Waals surface area contributed by atoms with Crippen molar-refractivity contribution in [3.05, 3.63) is 22.2 Å². The monoisotopic (exact) mass is 361 g/mol. The lowest BCUT2D eigenvalue weighted by Gasteiger charge is -2.13. The summed E-state index contributed by atoms with van der Waals surface area (Å²) in [6.07, 6.45) is 0.185. The number of rotatable bonds is 4. The van der Waals surface area contributed by atoms with Crippen LogP contribution in [0.5, 0.6) is 5.75 Å². The molecule has 0 aliphatic carbocycles. The maximum absolute atomic E-state index is 12.2. The lowest BCUT2D eigenvalue weighted by molar-refractivity contribution is -0.105. The Morgan fingerprint density at radius 3 is 2.42 bits per heavy atom. The van der Waals surface area contributed by atoms with Crippen LogP contribution in [-0.4, -0.2) is 20.3 Å². The van der Waals surface area contributed by atoms with E-state index >= 15 is 0 Å². The van der Waals surface area contributed by atoms with Gasteiger partial charge in [-0.25, -0.2) is 0 Å². The van der Waals surface area contributed by atoms with Crippen LogP contribution in [0.3, 0.4) is 0 Å². The van der Waals surface area contributed by atoms with Crippen molar-refractivity contribution in [3.8, 4) is 5.75 Å². The van der Waals surface area contributed by atoms with Gasteiger partial charge in [-0.2, -0.15) is 21.6 Å². The van der Waals surface area contributed by atoms with Gasteiger partial charge in [0, 0.05) is 4.47 Å². The number of nitrogens with one attached hydrogen (secondary N) is 1. The Labute approximate surface area is 115 Å². The zero-order chi connectivity index (χ0) is 14.8. The van der Waals surface area contributed by atoms with Gasteiger partial charge in [-0.1, -0.05) is 15.9 Å². The van der Waals surface area contributed by atoms with E-state index in [0.717, 1.165) is 6.07 Å². The number of carbonyl (C=O) groups is 1. The molecule has 1 rings (SSSR count). The van der Waals surface area contributed by atoms with Crippen molar-refractivity contribution in [2.24, 2.45) is 0 Å². The molecule has 19 heavy (non-hydrogen) atoms. The fraction of sp³-hybridized carbons (Fsp3) is 0.222. The molecule has 0 saturated carbocycles. The zero-order valence-corrected chi connectivity index (χ0v) is 11.7. The minimum absolute atomic E-state index is 0.185. The van der Waals surface area contributed by atoms with Gasteiger partial charge in [-0.05, 0) is 24.6 Å². The number of aryl methyl sites for hydroxylation is 1. The van der Waals surface area contributed by atoms with E-state index in [4.69, 9.17) is 0 Å². The summed E-state index contributed by atoms with van der Waals surface area (Å²) in [6.45, 7) is 1.52. The summed E-state index contributed by atoms with van der Waals surface area (Å²) < 4.78 is 62.9. The summed E-state index contributed by atoms with van der Waals surface area (Å²) in [6, 6.07) is 2.28. The molecule has 10 heteroatoms. The summed E-state index contributed by atoms with van der Waals surface area (Å²) in [4.78, 5) is 10.3. The van der Waals surface area contributed by atoms with Crippen LogP contribution in [0.4, 0.5) is 18.9 Å². The van der Waals surface area contributed by atoms with Crippen LogP contribution in [0.25, 0.3) is 0 Å². The van der Waals surface area contributed by atoms with Gasteiger partial charge in [0.2, 0.25) is 6.41 Å². The zero-order valence-electron chi connectivity index (χ0n) is 9.29. The van der Waals surface area contributed by atoms with Crippen molar-refractivity contribution in [1.82, 2.24) is 0 Å². The molecule has 1 N–H and O–H groups in total. The molecule has 0 radical (unpaired) electrons. The molecule has 0 saturated heterocycles. The Morgan fingerprint density at radius 1 is 1.37 bits per heavy atom. The van der Waals surface area contributed by atoms with Crippen LogP contribution in [0.15, 0.2) is 16.6 Å². The molecule has 0 fully saturated rings. The van der Waals surface area contributed by atoms with E-state index < -0.39 is 21.4 Å². The Bertz CT molecular complexity index is 600. The molecule has 1 amide bonds.